The first-order valence-corrected chi connectivity index (χ1v) is 7.62. The molecule has 0 spiro atoms. The minimum absolute atomic E-state index is 0.218. The van der Waals surface area contributed by atoms with Crippen molar-refractivity contribution in [2.24, 2.45) is 7.05 Å². The highest BCUT2D eigenvalue weighted by atomic mass is 35.5. The molecule has 2 rings (SSSR count). The second-order valence-corrected chi connectivity index (χ2v) is 6.95. The summed E-state index contributed by atoms with van der Waals surface area (Å²) in [5.74, 6) is 0.218. The molecule has 2 aromatic rings. The van der Waals surface area contributed by atoms with Gasteiger partial charge in [-0.15, -0.1) is 11.3 Å². The van der Waals surface area contributed by atoms with E-state index < -0.39 is 6.10 Å². The number of aliphatic hydroxyl groups is 1. The summed E-state index contributed by atoms with van der Waals surface area (Å²) < 4.78 is 2.33. The van der Waals surface area contributed by atoms with Gasteiger partial charge in [0.2, 0.25) is 0 Å². The van der Waals surface area contributed by atoms with E-state index in [0.717, 1.165) is 20.5 Å². The Labute approximate surface area is 126 Å². The smallest absolute Gasteiger partial charge is 0.132 e. The largest absolute Gasteiger partial charge is 0.388 e. The summed E-state index contributed by atoms with van der Waals surface area (Å²) in [7, 11) is 1.78. The molecular weight excluding hydrogens is 303 g/mol. The van der Waals surface area contributed by atoms with Crippen LogP contribution in [0, 0.1) is 0 Å². The molecule has 2 aromatic heterocycles. The van der Waals surface area contributed by atoms with Crippen molar-refractivity contribution in [3.8, 4) is 0 Å². The van der Waals surface area contributed by atoms with Crippen molar-refractivity contribution in [2.45, 2.75) is 32.3 Å². The molecular formula is C13H16Cl2N2OS. The van der Waals surface area contributed by atoms with Crippen LogP contribution in [0.2, 0.25) is 9.49 Å². The van der Waals surface area contributed by atoms with E-state index in [1.165, 1.54) is 11.3 Å². The molecule has 6 heteroatoms. The maximum Gasteiger partial charge on any atom is 0.132 e. The number of halogens is 2. The highest BCUT2D eigenvalue weighted by Crippen LogP contribution is 2.34. The monoisotopic (exact) mass is 318 g/mol. The Morgan fingerprint density at radius 2 is 2.05 bits per heavy atom. The van der Waals surface area contributed by atoms with E-state index in [9.17, 15) is 5.11 Å². The minimum atomic E-state index is -0.659. The molecule has 1 unspecified atom stereocenters. The highest BCUT2D eigenvalue weighted by Gasteiger charge is 2.24. The number of nitrogens with zero attached hydrogens (tertiary/aromatic N) is 2. The van der Waals surface area contributed by atoms with Gasteiger partial charge >= 0.3 is 0 Å². The third-order valence-corrected chi connectivity index (χ3v) is 4.65. The summed E-state index contributed by atoms with van der Waals surface area (Å²) in [6.45, 7) is 4.08. The number of aromatic nitrogens is 2. The van der Waals surface area contributed by atoms with Gasteiger partial charge in [-0.05, 0) is 18.1 Å². The van der Waals surface area contributed by atoms with Crippen LogP contribution in [-0.4, -0.2) is 14.9 Å². The molecule has 104 valence electrons. The van der Waals surface area contributed by atoms with Crippen molar-refractivity contribution in [2.75, 3.05) is 0 Å². The van der Waals surface area contributed by atoms with Crippen LogP contribution in [0.5, 0.6) is 0 Å². The molecule has 0 aliphatic heterocycles. The Morgan fingerprint density at radius 1 is 1.37 bits per heavy atom. The van der Waals surface area contributed by atoms with Crippen LogP contribution in [0.25, 0.3) is 0 Å². The molecule has 1 atom stereocenters. The third kappa shape index (κ3) is 3.14. The van der Waals surface area contributed by atoms with Crippen molar-refractivity contribution in [3.05, 3.63) is 37.8 Å². The SMILES string of the molecule is CC(C)c1nn(C)c(Cl)c1C(O)Cc1ccc(Cl)s1. The van der Waals surface area contributed by atoms with Crippen molar-refractivity contribution in [3.63, 3.8) is 0 Å². The number of hydrogen-bond donors (Lipinski definition) is 1. The van der Waals surface area contributed by atoms with Gasteiger partial charge in [-0.2, -0.15) is 5.10 Å². The lowest BCUT2D eigenvalue weighted by atomic mass is 10.00. The van der Waals surface area contributed by atoms with E-state index in [2.05, 4.69) is 5.10 Å². The molecule has 0 saturated heterocycles. The van der Waals surface area contributed by atoms with Crippen LogP contribution in [0.4, 0.5) is 0 Å². The van der Waals surface area contributed by atoms with Gasteiger partial charge in [-0.25, -0.2) is 0 Å². The number of hydrogen-bond acceptors (Lipinski definition) is 3. The Morgan fingerprint density at radius 3 is 2.58 bits per heavy atom. The zero-order chi connectivity index (χ0) is 14.2. The lowest BCUT2D eigenvalue weighted by molar-refractivity contribution is 0.178. The van der Waals surface area contributed by atoms with Gasteiger partial charge in [0, 0.05) is 23.9 Å². The van der Waals surface area contributed by atoms with Crippen molar-refractivity contribution >= 4 is 34.5 Å². The quantitative estimate of drug-likeness (QED) is 0.918. The topological polar surface area (TPSA) is 38.0 Å². The Balaban J connectivity index is 2.30. The maximum absolute atomic E-state index is 10.4. The Hall–Kier alpha value is -0.550. The number of aryl methyl sites for hydroxylation is 1. The van der Waals surface area contributed by atoms with Gasteiger partial charge in [0.25, 0.3) is 0 Å². The lowest BCUT2D eigenvalue weighted by Crippen LogP contribution is -2.04. The molecule has 0 bridgehead atoms. The molecule has 0 aliphatic carbocycles. The van der Waals surface area contributed by atoms with Crippen LogP contribution in [0.15, 0.2) is 12.1 Å². The van der Waals surface area contributed by atoms with Crippen molar-refractivity contribution in [1.82, 2.24) is 9.78 Å². The second-order valence-electron chi connectivity index (χ2n) is 4.79. The first kappa shape index (κ1) is 14.9. The molecule has 3 nitrogen and oxygen atoms in total. The summed E-state index contributed by atoms with van der Waals surface area (Å²) in [5, 5.41) is 15.3. The zero-order valence-corrected chi connectivity index (χ0v) is 13.4. The Bertz CT molecular complexity index is 577. The number of aliphatic hydroxyl groups excluding tert-OH is 1. The van der Waals surface area contributed by atoms with Crippen LogP contribution in [0.3, 0.4) is 0 Å². The fourth-order valence-electron chi connectivity index (χ4n) is 2.03. The fraction of sp³-hybridized carbons (Fsp3) is 0.462. The zero-order valence-electron chi connectivity index (χ0n) is 11.0. The molecule has 0 fully saturated rings. The summed E-state index contributed by atoms with van der Waals surface area (Å²) >= 11 is 13.6. The maximum atomic E-state index is 10.4. The summed E-state index contributed by atoms with van der Waals surface area (Å²) in [6, 6.07) is 3.76. The van der Waals surface area contributed by atoms with E-state index >= 15 is 0 Å². The average molecular weight is 319 g/mol. The standard InChI is InChI=1S/C13H16Cl2N2OS/c1-7(2)12-11(13(15)17(3)16-12)9(18)6-8-4-5-10(14)19-8/h4-5,7,9,18H,6H2,1-3H3. The van der Waals surface area contributed by atoms with Crippen LogP contribution in [-0.2, 0) is 13.5 Å². The number of thiophene rings is 1. The first-order valence-electron chi connectivity index (χ1n) is 6.04. The average Bonchev–Trinajstić information content (AvgIpc) is 2.84. The molecule has 0 aliphatic rings. The van der Waals surface area contributed by atoms with Gasteiger partial charge in [-0.1, -0.05) is 37.0 Å². The van der Waals surface area contributed by atoms with Gasteiger partial charge in [0.15, 0.2) is 0 Å². The fourth-order valence-corrected chi connectivity index (χ4v) is 3.41. The second kappa shape index (κ2) is 5.83. The van der Waals surface area contributed by atoms with Gasteiger partial charge < -0.3 is 5.11 Å². The van der Waals surface area contributed by atoms with E-state index in [4.69, 9.17) is 23.2 Å². The van der Waals surface area contributed by atoms with Crippen molar-refractivity contribution < 1.29 is 5.11 Å². The molecule has 0 aromatic carbocycles. The van der Waals surface area contributed by atoms with Crippen LogP contribution < -0.4 is 0 Å². The van der Waals surface area contributed by atoms with Crippen LogP contribution >= 0.6 is 34.5 Å². The predicted molar refractivity (Wildman–Crippen MR) is 80.3 cm³/mol. The van der Waals surface area contributed by atoms with E-state index in [-0.39, 0.29) is 5.92 Å². The molecule has 2 heterocycles. The molecule has 0 radical (unpaired) electrons. The minimum Gasteiger partial charge on any atom is -0.388 e. The molecule has 19 heavy (non-hydrogen) atoms. The lowest BCUT2D eigenvalue weighted by Gasteiger charge is -2.12. The molecule has 1 N–H and O–H groups in total. The third-order valence-electron chi connectivity index (χ3n) is 2.94. The van der Waals surface area contributed by atoms with E-state index in [1.807, 2.05) is 26.0 Å². The van der Waals surface area contributed by atoms with Gasteiger partial charge in [0.1, 0.15) is 5.15 Å². The van der Waals surface area contributed by atoms with Gasteiger partial charge in [0.05, 0.1) is 16.1 Å². The highest BCUT2D eigenvalue weighted by molar-refractivity contribution is 7.16. The summed E-state index contributed by atoms with van der Waals surface area (Å²) in [5.41, 5.74) is 1.58. The number of rotatable bonds is 4. The van der Waals surface area contributed by atoms with Crippen LogP contribution in [0.1, 0.15) is 42.0 Å². The van der Waals surface area contributed by atoms with Crippen molar-refractivity contribution in [1.29, 1.82) is 0 Å². The first-order chi connectivity index (χ1) is 8.90. The van der Waals surface area contributed by atoms with Gasteiger partial charge in [-0.3, -0.25) is 4.68 Å². The summed E-state index contributed by atoms with van der Waals surface area (Å²) in [6.07, 6.45) is -0.156. The predicted octanol–water partition coefficient (Wildman–Crippen LogP) is 4.19. The molecule has 0 amide bonds. The van der Waals surface area contributed by atoms with E-state index in [0.29, 0.717) is 11.6 Å². The molecule has 0 saturated carbocycles. The normalized spacial score (nSPS) is 13.2. The Kier molecular flexibility index (Phi) is 4.56. The summed E-state index contributed by atoms with van der Waals surface area (Å²) in [4.78, 5) is 1.03. The van der Waals surface area contributed by atoms with E-state index in [1.54, 1.807) is 11.7 Å².